The van der Waals surface area contributed by atoms with Gasteiger partial charge in [-0.1, -0.05) is 6.92 Å². The summed E-state index contributed by atoms with van der Waals surface area (Å²) < 4.78 is 25.9. The summed E-state index contributed by atoms with van der Waals surface area (Å²) in [6.45, 7) is 27.0. The molecule has 39 heteroatoms. The quantitative estimate of drug-likeness (QED) is 0.0178. The summed E-state index contributed by atoms with van der Waals surface area (Å²) >= 11 is 0. The zero-order valence-electron chi connectivity index (χ0n) is 79.9. The molecule has 0 spiro atoms. The second-order valence-electron chi connectivity index (χ2n) is 35.5. The standard InChI is InChI=1S/C21H27N5O3.2C20H25N5O3.C19H25N5O2.C18H21N5O3/c1-5-29-19(27)16-10-24-18-15(8-9-23-18)17(16)25-14-7-6-13(2)26(11-14)20(28)21(3,4)12-22;1-12(2)28-20(27)16-10-23-19-15(7-9-22-19)18(16)24-14-5-4-13(3)25(11-14)17(26)6-8-21;1-3-10-28-20(27)16-11-23-19-15(7-9-22-19)18(16)24-14-5-4-13(2)25(12-14)17(26)6-8-21;1-3-26-19(25)16-11-22-18-15(7-9-21-18)17(16)23-14-6-5-13(2)24(12-14)10-4-8-20;1-11-3-4-12(10-23(11)15(24)5-7-19)22-16-13-6-8-20-17(13)21-9-14(16)18(25)26-2/h8-10,13-14H,5-7,11H2,1-4H3,(H2,23,24,25);7,9-10,12-14H,4-6,11H2,1-3H3,(H2,22,23,24);7,9,11,13-14H,3-6,10,12H2,1-2H3,(H2,22,23,24);7,9,11,13-14H,3-6,10,12H2,1-2H3,(H2,21,22,23);6,8-9,11-12H,3-5,10H2,1-2H3,(H2,20,21,22)/t4*13-,14+;11-,12+/m00000/s1. The zero-order chi connectivity index (χ0) is 98.7. The van der Waals surface area contributed by atoms with E-state index in [2.05, 4.69) is 100 Å². The van der Waals surface area contributed by atoms with Gasteiger partial charge in [0.25, 0.3) is 0 Å². The van der Waals surface area contributed by atoms with Gasteiger partial charge >= 0.3 is 29.8 Å². The number of hydrogen-bond donors (Lipinski definition) is 10. The number of rotatable bonds is 26. The minimum absolute atomic E-state index is 0.0299. The van der Waals surface area contributed by atoms with E-state index in [1.165, 1.54) is 31.9 Å². The maximum Gasteiger partial charge on any atom is 0.342 e. The molecule has 10 atom stereocenters. The highest BCUT2D eigenvalue weighted by molar-refractivity contribution is 6.08. The first kappa shape index (κ1) is 103. The van der Waals surface area contributed by atoms with Gasteiger partial charge < -0.3 is 94.8 Å². The maximum atomic E-state index is 12.9. The van der Waals surface area contributed by atoms with Crippen LogP contribution < -0.4 is 26.6 Å². The van der Waals surface area contributed by atoms with Gasteiger partial charge in [0.05, 0.1) is 91.8 Å². The molecule has 4 amide bonds. The number of nitriles is 5. The van der Waals surface area contributed by atoms with E-state index in [-0.39, 0.29) is 116 Å². The van der Waals surface area contributed by atoms with E-state index < -0.39 is 29.3 Å². The monoisotopic (exact) mass is 1870 g/mol. The smallest absolute Gasteiger partial charge is 0.342 e. The summed E-state index contributed by atoms with van der Waals surface area (Å²) in [5.74, 6) is -2.79. The highest BCUT2D eigenvalue weighted by Crippen LogP contribution is 2.37. The van der Waals surface area contributed by atoms with Crippen molar-refractivity contribution in [3.63, 3.8) is 0 Å². The Morgan fingerprint density at radius 2 is 0.701 bits per heavy atom. The largest absolute Gasteiger partial charge is 0.465 e. The molecule has 10 N–H and O–H groups in total. The predicted molar refractivity (Wildman–Crippen MR) is 514 cm³/mol. The molecule has 5 aliphatic rings. The number of aromatic amines is 5. The van der Waals surface area contributed by atoms with Gasteiger partial charge in [-0.25, -0.2) is 48.9 Å². The van der Waals surface area contributed by atoms with E-state index in [4.69, 9.17) is 44.7 Å². The van der Waals surface area contributed by atoms with Crippen molar-refractivity contribution in [1.82, 2.24) is 74.3 Å². The second kappa shape index (κ2) is 48.3. The Bertz CT molecular complexity index is 6160. The highest BCUT2D eigenvalue weighted by atomic mass is 16.5. The third-order valence-electron chi connectivity index (χ3n) is 25.1. The van der Waals surface area contributed by atoms with Crippen LogP contribution in [0.5, 0.6) is 0 Å². The number of nitrogens with zero attached hydrogens (tertiary/aromatic N) is 15. The van der Waals surface area contributed by atoms with Crippen molar-refractivity contribution in [3.8, 4) is 30.3 Å². The molecule has 0 aromatic carbocycles. The lowest BCUT2D eigenvalue weighted by molar-refractivity contribution is -0.141. The van der Waals surface area contributed by atoms with Crippen LogP contribution in [-0.2, 0) is 42.9 Å². The number of carbonyl (C=O) groups excluding carboxylic acids is 9. The van der Waals surface area contributed by atoms with Crippen molar-refractivity contribution in [2.75, 3.05) is 92.8 Å². The van der Waals surface area contributed by atoms with Crippen LogP contribution in [0, 0.1) is 62.1 Å². The zero-order valence-corrected chi connectivity index (χ0v) is 79.9. The third-order valence-corrected chi connectivity index (χ3v) is 25.1. The number of ether oxygens (including phenoxy) is 5. The minimum Gasteiger partial charge on any atom is -0.465 e. The van der Waals surface area contributed by atoms with Crippen LogP contribution in [0.4, 0.5) is 28.4 Å². The van der Waals surface area contributed by atoms with Gasteiger partial charge in [0, 0.05) is 195 Å². The van der Waals surface area contributed by atoms with E-state index in [1.54, 1.807) is 92.1 Å². The lowest BCUT2D eigenvalue weighted by Gasteiger charge is -2.41. The number of anilines is 5. The van der Waals surface area contributed by atoms with Gasteiger partial charge in [-0.2, -0.15) is 26.3 Å². The molecule has 0 unspecified atom stereocenters. The minimum atomic E-state index is -1.07. The molecule has 0 radical (unpaired) electrons. The Balaban J connectivity index is 0.000000164. The predicted octanol–water partition coefficient (Wildman–Crippen LogP) is 13.7. The van der Waals surface area contributed by atoms with Crippen molar-refractivity contribution in [2.45, 2.75) is 246 Å². The normalized spacial score (nSPS) is 19.7. The summed E-state index contributed by atoms with van der Waals surface area (Å²) in [6.07, 6.45) is 25.9. The van der Waals surface area contributed by atoms with Crippen LogP contribution in [0.2, 0.25) is 0 Å². The van der Waals surface area contributed by atoms with Gasteiger partial charge in [-0.05, 0) is 177 Å². The topological polar surface area (TPSA) is 538 Å². The molecule has 10 aromatic heterocycles. The Morgan fingerprint density at radius 3 is 0.993 bits per heavy atom. The average molecular weight is 1880 g/mol. The molecule has 5 saturated heterocycles. The number of fused-ring (bicyclic) bond motifs is 5. The van der Waals surface area contributed by atoms with Crippen LogP contribution in [0.15, 0.2) is 92.3 Å². The number of piperidine rings is 5. The number of esters is 5. The fourth-order valence-electron chi connectivity index (χ4n) is 17.6. The van der Waals surface area contributed by atoms with Gasteiger partial charge in [0.2, 0.25) is 23.6 Å². The molecular weight excluding hydrogens is 1750 g/mol. The fourth-order valence-corrected chi connectivity index (χ4v) is 17.6. The van der Waals surface area contributed by atoms with E-state index in [0.29, 0.717) is 125 Å². The number of carbonyl (C=O) groups is 9. The van der Waals surface area contributed by atoms with E-state index in [1.807, 2.05) is 89.4 Å². The average Bonchev–Trinajstić information content (AvgIpc) is 1.70. The number of nitrogens with one attached hydrogen (secondary N) is 10. The van der Waals surface area contributed by atoms with Crippen molar-refractivity contribution < 1.29 is 66.8 Å². The van der Waals surface area contributed by atoms with E-state index in [9.17, 15) is 48.4 Å². The molecule has 39 nitrogen and oxygen atoms in total. The van der Waals surface area contributed by atoms with Gasteiger partial charge in [0.1, 0.15) is 80.7 Å². The van der Waals surface area contributed by atoms with Gasteiger partial charge in [-0.15, -0.1) is 0 Å². The summed E-state index contributed by atoms with van der Waals surface area (Å²) in [5, 5.41) is 66.1. The molecule has 724 valence electrons. The maximum absolute atomic E-state index is 12.9. The Kier molecular flexibility index (Phi) is 36.2. The third kappa shape index (κ3) is 25.6. The molecule has 5 aliphatic heterocycles. The highest BCUT2D eigenvalue weighted by Gasteiger charge is 2.40. The number of H-pyrrole nitrogens is 5. The summed E-state index contributed by atoms with van der Waals surface area (Å²) in [7, 11) is 1.33. The first-order valence-electron chi connectivity index (χ1n) is 46.7. The number of likely N-dealkylation sites (tertiary alicyclic amines) is 5. The molecule has 0 saturated carbocycles. The van der Waals surface area contributed by atoms with Crippen LogP contribution in [0.25, 0.3) is 55.2 Å². The van der Waals surface area contributed by atoms with E-state index in [0.717, 1.165) is 122 Å². The molecule has 10 aromatic rings. The first-order chi connectivity index (χ1) is 65.9. The van der Waals surface area contributed by atoms with Crippen molar-refractivity contribution in [2.24, 2.45) is 5.41 Å². The molecule has 0 aliphatic carbocycles. The number of hydrogen-bond acceptors (Lipinski definition) is 30. The molecule has 15 rings (SSSR count). The number of amides is 4. The fraction of sp³-hybridized carbons (Fsp3) is 0.500. The number of methoxy groups -OCH3 is 1. The lowest BCUT2D eigenvalue weighted by Crippen LogP contribution is -2.53. The SMILES string of the molecule is CC(C)OC(=O)c1cnc2[nH]ccc2c1N[C@@H]1CC[C@H](C)N(C(=O)CC#N)C1.CCCOC(=O)c1cnc2[nH]ccc2c1N[C@@H]1CC[C@H](C)N(C(=O)CC#N)C1.CCOC(=O)c1cnc2[nH]ccc2c1N[C@@H]1CC[C@H](C)N(C(=O)C(C)(C)C#N)C1.CCOC(=O)c1cnc2[nH]ccc2c1N[C@@H]1CC[C@H](C)N(CCC#N)C1.COC(=O)c1cnc2[nH]ccc2c1N[C@@H]1CC[C@H](C)N(C(=O)CC#N)C1. The molecule has 15 heterocycles. The van der Waals surface area contributed by atoms with E-state index >= 15 is 0 Å². The van der Waals surface area contributed by atoms with Crippen molar-refractivity contribution >= 4 is 137 Å². The Labute approximate surface area is 795 Å². The van der Waals surface area contributed by atoms with Gasteiger partial charge in [-0.3, -0.25) is 24.1 Å². The summed E-state index contributed by atoms with van der Waals surface area (Å²) in [4.78, 5) is 158. The molecule has 5 fully saturated rings. The van der Waals surface area contributed by atoms with Crippen molar-refractivity contribution in [1.29, 1.82) is 26.3 Å². The lowest BCUT2D eigenvalue weighted by atomic mass is 9.90. The molecule has 137 heavy (non-hydrogen) atoms. The van der Waals surface area contributed by atoms with Crippen LogP contribution in [0.3, 0.4) is 0 Å². The van der Waals surface area contributed by atoms with Gasteiger partial charge in [0.15, 0.2) is 0 Å². The Hall–Kier alpha value is -14.9. The number of aromatic nitrogens is 10. The molecular formula is C98H123N25O14. The molecule has 0 bridgehead atoms. The van der Waals surface area contributed by atoms with Crippen molar-refractivity contribution in [3.05, 3.63) is 120 Å². The van der Waals surface area contributed by atoms with Crippen LogP contribution >= 0.6 is 0 Å². The van der Waals surface area contributed by atoms with Crippen LogP contribution in [0.1, 0.15) is 231 Å². The number of pyridine rings is 5. The van der Waals surface area contributed by atoms with Crippen LogP contribution in [-0.4, -0.2) is 261 Å². The Morgan fingerprint density at radius 1 is 0.409 bits per heavy atom. The first-order valence-corrected chi connectivity index (χ1v) is 46.7. The summed E-state index contributed by atoms with van der Waals surface area (Å²) in [6, 6.07) is 20.3. The summed E-state index contributed by atoms with van der Waals surface area (Å²) in [5.41, 5.74) is 7.69. The second-order valence-corrected chi connectivity index (χ2v) is 35.5.